The first-order chi connectivity index (χ1) is 7.99. The van der Waals surface area contributed by atoms with Crippen LogP contribution in [0.5, 0.6) is 0 Å². The largest absolute Gasteiger partial charge is 0.514 e. The van der Waals surface area contributed by atoms with Crippen molar-refractivity contribution in [3.8, 4) is 0 Å². The van der Waals surface area contributed by atoms with Gasteiger partial charge in [-0.15, -0.1) is 0 Å². The fourth-order valence-electron chi connectivity index (χ4n) is 1.24. The number of rotatable bonds is 2. The molecule has 1 aromatic heterocycles. The average molecular weight is 264 g/mol. The number of halogens is 3. The van der Waals surface area contributed by atoms with E-state index >= 15 is 0 Å². The van der Waals surface area contributed by atoms with E-state index in [4.69, 9.17) is 4.74 Å². The van der Waals surface area contributed by atoms with Gasteiger partial charge in [-0.25, -0.2) is 4.79 Å². The molecule has 1 aromatic rings. The zero-order valence-electron chi connectivity index (χ0n) is 10.5. The number of nitrogens with zero attached hydrogens (tertiary/aromatic N) is 2. The Balaban J connectivity index is 2.89. The van der Waals surface area contributed by atoms with Crippen LogP contribution in [0.4, 0.5) is 23.6 Å². The predicted molar refractivity (Wildman–Crippen MR) is 61.8 cm³/mol. The lowest BCUT2D eigenvalue weighted by atomic mass is 9.82. The summed E-state index contributed by atoms with van der Waals surface area (Å²) in [5.41, 5.74) is -1.74. The third kappa shape index (κ3) is 3.97. The van der Waals surface area contributed by atoms with Gasteiger partial charge in [-0.05, 0) is 32.4 Å². The molecule has 0 atom stereocenters. The number of hydrogen-bond donors (Lipinski definition) is 1. The molecular weight excluding hydrogens is 250 g/mol. The summed E-state index contributed by atoms with van der Waals surface area (Å²) < 4.78 is 43.8. The first kappa shape index (κ1) is 14.4. The van der Waals surface area contributed by atoms with E-state index in [1.54, 1.807) is 20.8 Å². The van der Waals surface area contributed by atoms with Gasteiger partial charge in [-0.2, -0.15) is 5.10 Å². The monoisotopic (exact) mass is 264 g/mol. The van der Waals surface area contributed by atoms with Crippen molar-refractivity contribution in [3.05, 3.63) is 6.20 Å². The molecule has 0 aromatic carbocycles. The Kier molecular flexibility index (Phi) is 3.63. The van der Waals surface area contributed by atoms with Crippen LogP contribution in [0.25, 0.3) is 0 Å². The summed E-state index contributed by atoms with van der Waals surface area (Å²) in [5, 5.41) is 5.54. The minimum Gasteiger partial charge on any atom is -0.445 e. The van der Waals surface area contributed by atoms with Crippen molar-refractivity contribution >= 4 is 24.4 Å². The smallest absolute Gasteiger partial charge is 0.445 e. The van der Waals surface area contributed by atoms with Crippen molar-refractivity contribution in [1.29, 1.82) is 0 Å². The van der Waals surface area contributed by atoms with Gasteiger partial charge in [-0.3, -0.25) is 10.00 Å². The van der Waals surface area contributed by atoms with Crippen molar-refractivity contribution in [1.82, 2.24) is 9.78 Å². The molecule has 0 aliphatic rings. The van der Waals surface area contributed by atoms with Crippen molar-refractivity contribution in [2.24, 2.45) is 7.05 Å². The van der Waals surface area contributed by atoms with Gasteiger partial charge < -0.3 is 17.7 Å². The first-order valence-corrected chi connectivity index (χ1v) is 5.22. The van der Waals surface area contributed by atoms with Crippen LogP contribution in [0.15, 0.2) is 6.20 Å². The maximum atomic E-state index is 12.7. The predicted octanol–water partition coefficient (Wildman–Crippen LogP) is 1.82. The molecule has 0 aliphatic carbocycles. The summed E-state index contributed by atoms with van der Waals surface area (Å²) in [6.07, 6.45) is -0.158. The Morgan fingerprint density at radius 3 is 2.44 bits per heavy atom. The fraction of sp³-hybridized carbons (Fsp3) is 0.556. The number of aryl methyl sites for hydroxylation is 1. The van der Waals surface area contributed by atoms with Crippen molar-refractivity contribution in [2.45, 2.75) is 26.4 Å². The first-order valence-electron chi connectivity index (χ1n) is 5.22. The Morgan fingerprint density at radius 1 is 1.44 bits per heavy atom. The zero-order valence-corrected chi connectivity index (χ0v) is 10.5. The molecule has 1 N–H and O–H groups in total. The van der Waals surface area contributed by atoms with E-state index in [0.717, 1.165) is 10.9 Å². The van der Waals surface area contributed by atoms with Crippen LogP contribution >= 0.6 is 0 Å². The van der Waals surface area contributed by atoms with E-state index in [0.29, 0.717) is 0 Å². The number of hydrogen-bond acceptors (Lipinski definition) is 3. The van der Waals surface area contributed by atoms with Gasteiger partial charge in [0, 0.05) is 7.05 Å². The summed E-state index contributed by atoms with van der Waals surface area (Å²) in [4.78, 5) is 11.4. The van der Waals surface area contributed by atoms with E-state index in [9.17, 15) is 17.7 Å². The molecule has 9 heteroatoms. The number of anilines is 1. The number of carbonyl (C=O) groups is 1. The molecular formula is C9H14BF3N3O2-. The highest BCUT2D eigenvalue weighted by Crippen LogP contribution is 2.15. The van der Waals surface area contributed by atoms with Crippen LogP contribution in [0.1, 0.15) is 20.8 Å². The molecule has 5 nitrogen and oxygen atoms in total. The lowest BCUT2D eigenvalue weighted by molar-refractivity contribution is 0.0635. The third-order valence-electron chi connectivity index (χ3n) is 1.83. The van der Waals surface area contributed by atoms with Gasteiger partial charge in [0.15, 0.2) is 0 Å². The van der Waals surface area contributed by atoms with Crippen molar-refractivity contribution in [2.75, 3.05) is 5.32 Å². The highest BCUT2D eigenvalue weighted by atomic mass is 19.4. The van der Waals surface area contributed by atoms with Gasteiger partial charge in [0.2, 0.25) is 0 Å². The summed E-state index contributed by atoms with van der Waals surface area (Å²) in [7, 11) is 1.34. The normalized spacial score (nSPS) is 12.4. The molecule has 0 aliphatic heterocycles. The third-order valence-corrected chi connectivity index (χ3v) is 1.83. The Hall–Kier alpha value is -1.67. The van der Waals surface area contributed by atoms with Gasteiger partial charge in [0.05, 0.1) is 0 Å². The standard InChI is InChI=1S/C9H14BF3N3O2/c1-9(2,3)18-8(17)14-7-6(10(11,12)13)5-16(4)15-7/h5H,1-4H3,(H,14,15,17)/q-1. The Labute approximate surface area is 102 Å². The Morgan fingerprint density at radius 2 is 2.00 bits per heavy atom. The SMILES string of the molecule is Cn1cc([B-](F)(F)F)c(NC(=O)OC(C)(C)C)n1. The molecule has 0 radical (unpaired) electrons. The van der Waals surface area contributed by atoms with E-state index in [1.165, 1.54) is 7.05 Å². The van der Waals surface area contributed by atoms with Crippen LogP contribution in [0.2, 0.25) is 0 Å². The van der Waals surface area contributed by atoms with Gasteiger partial charge in [0.1, 0.15) is 11.4 Å². The minimum absolute atomic E-state index is 0.542. The second-order valence-electron chi connectivity index (χ2n) is 4.81. The number of nitrogens with one attached hydrogen (secondary N) is 1. The highest BCUT2D eigenvalue weighted by Gasteiger charge is 2.32. The van der Waals surface area contributed by atoms with E-state index < -0.39 is 30.0 Å². The quantitative estimate of drug-likeness (QED) is 0.829. The van der Waals surface area contributed by atoms with Gasteiger partial charge >= 0.3 is 13.1 Å². The maximum Gasteiger partial charge on any atom is 0.514 e. The van der Waals surface area contributed by atoms with Gasteiger partial charge in [-0.1, -0.05) is 0 Å². The number of carbonyl (C=O) groups excluding carboxylic acids is 1. The second kappa shape index (κ2) is 4.54. The maximum absolute atomic E-state index is 12.7. The summed E-state index contributed by atoms with van der Waals surface area (Å²) in [6, 6.07) is 0. The molecule has 0 bridgehead atoms. The fourth-order valence-corrected chi connectivity index (χ4v) is 1.24. The molecule has 1 rings (SSSR count). The number of ether oxygens (including phenoxy) is 1. The van der Waals surface area contributed by atoms with Gasteiger partial charge in [0.25, 0.3) is 0 Å². The lowest BCUT2D eigenvalue weighted by Gasteiger charge is -2.20. The zero-order chi connectivity index (χ0) is 14.1. The number of aromatic nitrogens is 2. The van der Waals surface area contributed by atoms with Crippen LogP contribution < -0.4 is 10.8 Å². The molecule has 102 valence electrons. The van der Waals surface area contributed by atoms with E-state index in [-0.39, 0.29) is 0 Å². The molecule has 0 saturated heterocycles. The lowest BCUT2D eigenvalue weighted by Crippen LogP contribution is -2.37. The molecule has 1 heterocycles. The summed E-state index contributed by atoms with van der Waals surface area (Å²) in [5.74, 6) is -0.542. The van der Waals surface area contributed by atoms with Crippen LogP contribution in [-0.2, 0) is 11.8 Å². The molecule has 0 spiro atoms. The molecule has 1 amide bonds. The van der Waals surface area contributed by atoms with Crippen molar-refractivity contribution in [3.63, 3.8) is 0 Å². The number of amides is 1. The minimum atomic E-state index is -5.24. The average Bonchev–Trinajstić information content (AvgIpc) is 2.41. The summed E-state index contributed by atoms with van der Waals surface area (Å²) in [6.45, 7) is -0.406. The van der Waals surface area contributed by atoms with Crippen LogP contribution in [-0.4, -0.2) is 28.5 Å². The molecule has 18 heavy (non-hydrogen) atoms. The summed E-state index contributed by atoms with van der Waals surface area (Å²) >= 11 is 0. The molecule has 0 unspecified atom stereocenters. The Bertz CT molecular complexity index is 451. The van der Waals surface area contributed by atoms with E-state index in [1.807, 2.05) is 5.32 Å². The van der Waals surface area contributed by atoms with Crippen molar-refractivity contribution < 1.29 is 22.5 Å². The topological polar surface area (TPSA) is 56.2 Å². The molecule has 0 saturated carbocycles. The highest BCUT2D eigenvalue weighted by molar-refractivity contribution is 6.75. The second-order valence-corrected chi connectivity index (χ2v) is 4.81. The van der Waals surface area contributed by atoms with Crippen LogP contribution in [0, 0.1) is 0 Å². The molecule has 0 fully saturated rings. The van der Waals surface area contributed by atoms with E-state index in [2.05, 4.69) is 5.10 Å². The van der Waals surface area contributed by atoms with Crippen LogP contribution in [0.3, 0.4) is 0 Å².